The first-order valence-corrected chi connectivity index (χ1v) is 11.9. The van der Waals surface area contributed by atoms with Crippen molar-refractivity contribution in [2.24, 2.45) is 5.92 Å². The van der Waals surface area contributed by atoms with Gasteiger partial charge in [0.2, 0.25) is 0 Å². The van der Waals surface area contributed by atoms with Crippen molar-refractivity contribution >= 4 is 28.6 Å². The van der Waals surface area contributed by atoms with Crippen LogP contribution in [0.25, 0.3) is 11.0 Å². The van der Waals surface area contributed by atoms with E-state index in [-0.39, 0.29) is 23.5 Å². The molecule has 7 rings (SSSR count). The molecule has 1 aliphatic heterocycles. The Morgan fingerprint density at radius 3 is 2.28 bits per heavy atom. The highest BCUT2D eigenvalue weighted by molar-refractivity contribution is 6.21. The third-order valence-corrected chi connectivity index (χ3v) is 7.74. The van der Waals surface area contributed by atoms with Crippen LogP contribution in [0.3, 0.4) is 0 Å². The van der Waals surface area contributed by atoms with Crippen molar-refractivity contribution in [3.8, 4) is 5.75 Å². The molecule has 0 fully saturated rings. The van der Waals surface area contributed by atoms with Gasteiger partial charge < -0.3 is 9.15 Å². The molecule has 1 aromatic heterocycles. The second-order valence-corrected chi connectivity index (χ2v) is 9.45. The second-order valence-electron chi connectivity index (χ2n) is 9.45. The van der Waals surface area contributed by atoms with E-state index < -0.39 is 17.9 Å². The fraction of sp³-hybridized carbons (Fsp3) is 0.167. The predicted octanol–water partition coefficient (Wildman–Crippen LogP) is 5.36. The van der Waals surface area contributed by atoms with Crippen LogP contribution in [-0.4, -0.2) is 35.6 Å². The Hall–Kier alpha value is -4.45. The van der Waals surface area contributed by atoms with Crippen molar-refractivity contribution in [3.63, 3.8) is 0 Å². The highest BCUT2D eigenvalue weighted by Gasteiger charge is 2.56. The van der Waals surface area contributed by atoms with Crippen molar-refractivity contribution in [2.75, 3.05) is 7.11 Å². The number of carbonyl (C=O) groups excluding carboxylic acids is 3. The molecule has 2 bridgehead atoms. The van der Waals surface area contributed by atoms with Gasteiger partial charge in [-0.05, 0) is 24.3 Å². The first kappa shape index (κ1) is 20.9. The number of rotatable bonds is 4. The lowest BCUT2D eigenvalue weighted by atomic mass is 9.74. The van der Waals surface area contributed by atoms with Crippen LogP contribution >= 0.6 is 0 Å². The van der Waals surface area contributed by atoms with Gasteiger partial charge in [0.15, 0.2) is 5.78 Å². The molecule has 3 aromatic carbocycles. The number of furan rings is 1. The van der Waals surface area contributed by atoms with Crippen molar-refractivity contribution in [2.45, 2.75) is 17.9 Å². The average Bonchev–Trinajstić information content (AvgIpc) is 3.49. The largest absolute Gasteiger partial charge is 0.497 e. The number of benzene rings is 3. The molecule has 176 valence electrons. The predicted molar refractivity (Wildman–Crippen MR) is 132 cm³/mol. The number of nitrogens with zero attached hydrogens (tertiary/aromatic N) is 1. The Morgan fingerprint density at radius 1 is 0.889 bits per heavy atom. The van der Waals surface area contributed by atoms with Crippen molar-refractivity contribution in [1.29, 1.82) is 0 Å². The van der Waals surface area contributed by atoms with Gasteiger partial charge in [0, 0.05) is 34.4 Å². The minimum atomic E-state index is -0.643. The summed E-state index contributed by atoms with van der Waals surface area (Å²) in [7, 11) is 1.60. The number of imide groups is 1. The van der Waals surface area contributed by atoms with E-state index in [2.05, 4.69) is 0 Å². The minimum Gasteiger partial charge on any atom is -0.497 e. The number of Topliss-reactive ketones (excluding diaryl/α,β-unsaturated/α-hetero) is 1. The molecule has 4 atom stereocenters. The van der Waals surface area contributed by atoms with Crippen molar-refractivity contribution in [1.82, 2.24) is 4.90 Å². The van der Waals surface area contributed by atoms with Gasteiger partial charge in [0.1, 0.15) is 17.1 Å². The molecule has 2 heterocycles. The average molecular weight is 476 g/mol. The first-order valence-electron chi connectivity index (χ1n) is 11.9. The maximum Gasteiger partial charge on any atom is 0.262 e. The van der Waals surface area contributed by atoms with Crippen LogP contribution < -0.4 is 4.74 Å². The number of ketones is 1. The van der Waals surface area contributed by atoms with Crippen LogP contribution in [0, 0.1) is 5.92 Å². The molecule has 2 amide bonds. The zero-order valence-corrected chi connectivity index (χ0v) is 19.4. The SMILES string of the molecule is COc1ccc2c3c(oc2c1)C1C(C(=O)c2ccccc2)C3C=CC1N1C(=O)c2ccccc2C1=O. The third kappa shape index (κ3) is 2.69. The molecule has 6 nitrogen and oxygen atoms in total. The molecule has 0 radical (unpaired) electrons. The van der Waals surface area contributed by atoms with Crippen LogP contribution in [0.2, 0.25) is 0 Å². The quantitative estimate of drug-likeness (QED) is 0.226. The Morgan fingerprint density at radius 2 is 1.58 bits per heavy atom. The van der Waals surface area contributed by atoms with Crippen LogP contribution in [0.4, 0.5) is 0 Å². The van der Waals surface area contributed by atoms with E-state index in [1.807, 2.05) is 60.7 Å². The maximum absolute atomic E-state index is 13.9. The highest BCUT2D eigenvalue weighted by Crippen LogP contribution is 2.57. The lowest BCUT2D eigenvalue weighted by Crippen LogP contribution is -2.46. The molecule has 0 saturated heterocycles. The van der Waals surface area contributed by atoms with Gasteiger partial charge in [-0.1, -0.05) is 54.6 Å². The zero-order chi connectivity index (χ0) is 24.6. The van der Waals surface area contributed by atoms with E-state index in [4.69, 9.17) is 9.15 Å². The van der Waals surface area contributed by atoms with E-state index in [0.29, 0.717) is 33.8 Å². The van der Waals surface area contributed by atoms with Gasteiger partial charge in [-0.25, -0.2) is 0 Å². The molecule has 3 aliphatic rings. The van der Waals surface area contributed by atoms with E-state index in [0.717, 1.165) is 10.9 Å². The maximum atomic E-state index is 13.9. The molecule has 2 aliphatic carbocycles. The Bertz CT molecular complexity index is 1580. The molecule has 6 heteroatoms. The van der Waals surface area contributed by atoms with Gasteiger partial charge in [-0.3, -0.25) is 19.3 Å². The molecule has 4 aromatic rings. The first-order chi connectivity index (χ1) is 17.6. The smallest absolute Gasteiger partial charge is 0.262 e. The van der Waals surface area contributed by atoms with Gasteiger partial charge in [-0.15, -0.1) is 0 Å². The van der Waals surface area contributed by atoms with Gasteiger partial charge in [0.05, 0.1) is 30.2 Å². The number of amides is 2. The summed E-state index contributed by atoms with van der Waals surface area (Å²) in [4.78, 5) is 42.1. The van der Waals surface area contributed by atoms with Crippen LogP contribution in [0.15, 0.2) is 89.4 Å². The topological polar surface area (TPSA) is 76.8 Å². The fourth-order valence-electron chi connectivity index (χ4n) is 6.18. The number of ether oxygens (including phenoxy) is 1. The van der Waals surface area contributed by atoms with Crippen molar-refractivity contribution < 1.29 is 23.5 Å². The van der Waals surface area contributed by atoms with Crippen LogP contribution in [0.5, 0.6) is 5.75 Å². The fourth-order valence-corrected chi connectivity index (χ4v) is 6.18. The van der Waals surface area contributed by atoms with E-state index >= 15 is 0 Å². The molecular weight excluding hydrogens is 454 g/mol. The summed E-state index contributed by atoms with van der Waals surface area (Å²) in [5.41, 5.74) is 2.98. The van der Waals surface area contributed by atoms with Crippen molar-refractivity contribution in [3.05, 3.63) is 113 Å². The number of allylic oxidation sites excluding steroid dienone is 1. The van der Waals surface area contributed by atoms with Crippen LogP contribution in [0.1, 0.15) is 54.2 Å². The Balaban J connectivity index is 1.40. The standard InChI is InChI=1S/C30H21NO5/c1-35-17-11-12-20-23(15-17)36-28-24(20)21-13-14-22(26(28)25(21)27(32)16-7-3-2-4-8-16)31-29(33)18-9-5-6-10-19(18)30(31)34/h2-15,21-22,25-26H,1H3. The lowest BCUT2D eigenvalue weighted by Gasteiger charge is -2.35. The second kappa shape index (κ2) is 7.52. The summed E-state index contributed by atoms with van der Waals surface area (Å²) in [5, 5.41) is 0.914. The summed E-state index contributed by atoms with van der Waals surface area (Å²) >= 11 is 0. The van der Waals surface area contributed by atoms with Gasteiger partial charge in [-0.2, -0.15) is 0 Å². The number of fused-ring (bicyclic) bond motifs is 8. The molecule has 0 N–H and O–H groups in total. The number of carbonyl (C=O) groups is 3. The number of hydrogen-bond acceptors (Lipinski definition) is 5. The number of methoxy groups -OCH3 is 1. The zero-order valence-electron chi connectivity index (χ0n) is 19.4. The number of hydrogen-bond donors (Lipinski definition) is 0. The summed E-state index contributed by atoms with van der Waals surface area (Å²) in [6.45, 7) is 0. The van der Waals surface area contributed by atoms with Gasteiger partial charge >= 0.3 is 0 Å². The normalized spacial score (nSPS) is 23.8. The molecule has 36 heavy (non-hydrogen) atoms. The molecule has 0 saturated carbocycles. The summed E-state index contributed by atoms with van der Waals surface area (Å²) < 4.78 is 11.8. The Kier molecular flexibility index (Phi) is 4.36. The monoisotopic (exact) mass is 475 g/mol. The summed E-state index contributed by atoms with van der Waals surface area (Å²) in [6, 6.07) is 21.0. The highest BCUT2D eigenvalue weighted by atomic mass is 16.5. The summed E-state index contributed by atoms with van der Waals surface area (Å²) in [5.74, 6) is -0.603. The van der Waals surface area contributed by atoms with Crippen LogP contribution in [-0.2, 0) is 0 Å². The van der Waals surface area contributed by atoms with E-state index in [9.17, 15) is 14.4 Å². The molecule has 0 spiro atoms. The summed E-state index contributed by atoms with van der Waals surface area (Å²) in [6.07, 6.45) is 3.87. The van der Waals surface area contributed by atoms with Gasteiger partial charge in [0.25, 0.3) is 11.8 Å². The lowest BCUT2D eigenvalue weighted by molar-refractivity contribution is 0.0552. The molecule has 4 unspecified atom stereocenters. The molecular formula is C30H21NO5. The minimum absolute atomic E-state index is 0.0235. The van der Waals surface area contributed by atoms with E-state index in [1.54, 1.807) is 31.4 Å². The third-order valence-electron chi connectivity index (χ3n) is 7.74. The Labute approximate surface area is 206 Å². The van der Waals surface area contributed by atoms with E-state index in [1.165, 1.54) is 4.90 Å².